The number of aromatic nitrogens is 2. The second kappa shape index (κ2) is 3.43. The Morgan fingerprint density at radius 2 is 2.55 bits per heavy atom. The molecule has 0 unspecified atom stereocenters. The minimum Gasteiger partial charge on any atom is -0.481 e. The van der Waals surface area contributed by atoms with Crippen molar-refractivity contribution in [3.8, 4) is 0 Å². The fraction of sp³-hybridized carbons (Fsp3) is 0.333. The lowest BCUT2D eigenvalue weighted by Gasteiger charge is -1.99. The first-order valence-corrected chi connectivity index (χ1v) is 3.57. The van der Waals surface area contributed by atoms with Crippen LogP contribution in [-0.2, 0) is 11.3 Å². The Balaban J connectivity index is 2.51. The van der Waals surface area contributed by atoms with Crippen LogP contribution in [0.5, 0.6) is 0 Å². The molecule has 5 heteroatoms. The van der Waals surface area contributed by atoms with Gasteiger partial charge in [-0.25, -0.2) is 4.98 Å². The Hall–Kier alpha value is -0.970. The summed E-state index contributed by atoms with van der Waals surface area (Å²) in [6.45, 7) is 0.425. The molecule has 0 saturated carbocycles. The molecule has 0 saturated heterocycles. The standard InChI is InChI=1S/C6H8N2O2S/c9-5(10)1-3-8-4-2-7-6(8)11/h2,4H,1,3H2,(H,7,11)(H,9,10). The topological polar surface area (TPSA) is 55.1 Å². The van der Waals surface area contributed by atoms with Crippen molar-refractivity contribution in [3.63, 3.8) is 0 Å². The number of carboxylic acids is 1. The quantitative estimate of drug-likeness (QED) is 0.658. The molecule has 0 amide bonds. The van der Waals surface area contributed by atoms with Crippen molar-refractivity contribution < 1.29 is 9.90 Å². The predicted molar refractivity (Wildman–Crippen MR) is 41.7 cm³/mol. The summed E-state index contributed by atoms with van der Waals surface area (Å²) in [4.78, 5) is 14.0. The third-order valence-electron chi connectivity index (χ3n) is 1.26. The van der Waals surface area contributed by atoms with Crippen LogP contribution in [0.1, 0.15) is 6.42 Å². The van der Waals surface area contributed by atoms with E-state index in [2.05, 4.69) is 17.6 Å². The summed E-state index contributed by atoms with van der Waals surface area (Å²) in [7, 11) is 0. The van der Waals surface area contributed by atoms with E-state index in [0.717, 1.165) is 0 Å². The molecule has 0 fully saturated rings. The minimum atomic E-state index is -0.813. The smallest absolute Gasteiger partial charge is 0.305 e. The van der Waals surface area contributed by atoms with Crippen molar-refractivity contribution in [2.24, 2.45) is 0 Å². The Bertz CT molecular complexity index is 259. The molecule has 0 aliphatic carbocycles. The molecule has 0 spiro atoms. The fourth-order valence-corrected chi connectivity index (χ4v) is 0.945. The normalized spacial score (nSPS) is 9.91. The largest absolute Gasteiger partial charge is 0.481 e. The van der Waals surface area contributed by atoms with Gasteiger partial charge in [-0.15, -0.1) is 12.6 Å². The summed E-state index contributed by atoms with van der Waals surface area (Å²) in [5, 5.41) is 8.89. The van der Waals surface area contributed by atoms with Gasteiger partial charge in [-0.05, 0) is 0 Å². The third-order valence-corrected chi connectivity index (χ3v) is 1.63. The van der Waals surface area contributed by atoms with E-state index in [4.69, 9.17) is 5.11 Å². The van der Waals surface area contributed by atoms with Crippen LogP contribution in [0, 0.1) is 0 Å². The molecule has 60 valence electrons. The Labute approximate surface area is 69.3 Å². The molecular formula is C6H8N2O2S. The van der Waals surface area contributed by atoms with Crippen molar-refractivity contribution in [2.45, 2.75) is 18.1 Å². The maximum absolute atomic E-state index is 10.1. The van der Waals surface area contributed by atoms with E-state index < -0.39 is 5.97 Å². The second-order valence-corrected chi connectivity index (χ2v) is 2.46. The van der Waals surface area contributed by atoms with Crippen LogP contribution < -0.4 is 0 Å². The zero-order chi connectivity index (χ0) is 8.27. The highest BCUT2D eigenvalue weighted by atomic mass is 32.1. The number of carbonyl (C=O) groups is 1. The van der Waals surface area contributed by atoms with Crippen molar-refractivity contribution in [1.82, 2.24) is 9.55 Å². The van der Waals surface area contributed by atoms with Crippen molar-refractivity contribution in [1.29, 1.82) is 0 Å². The Morgan fingerprint density at radius 3 is 3.00 bits per heavy atom. The number of thiol groups is 1. The Kier molecular flexibility index (Phi) is 2.53. The van der Waals surface area contributed by atoms with Crippen LogP contribution in [0.15, 0.2) is 17.6 Å². The first kappa shape index (κ1) is 8.13. The highest BCUT2D eigenvalue weighted by Gasteiger charge is 2.00. The number of hydrogen-bond acceptors (Lipinski definition) is 3. The zero-order valence-corrected chi connectivity index (χ0v) is 6.66. The highest BCUT2D eigenvalue weighted by molar-refractivity contribution is 7.80. The number of hydrogen-bond donors (Lipinski definition) is 2. The SMILES string of the molecule is O=C(O)CCn1ccnc1S. The average molecular weight is 172 g/mol. The van der Waals surface area contributed by atoms with Gasteiger partial charge in [-0.3, -0.25) is 4.79 Å². The van der Waals surface area contributed by atoms with Gasteiger partial charge in [0.15, 0.2) is 5.16 Å². The maximum atomic E-state index is 10.1. The molecule has 0 bridgehead atoms. The van der Waals surface area contributed by atoms with Gasteiger partial charge in [0.05, 0.1) is 6.42 Å². The summed E-state index contributed by atoms with van der Waals surface area (Å²) in [5.74, 6) is -0.813. The van der Waals surface area contributed by atoms with Crippen LogP contribution in [0.2, 0.25) is 0 Å². The monoisotopic (exact) mass is 172 g/mol. The summed E-state index contributed by atoms with van der Waals surface area (Å²) < 4.78 is 1.68. The molecule has 4 nitrogen and oxygen atoms in total. The third kappa shape index (κ3) is 2.27. The Morgan fingerprint density at radius 1 is 1.82 bits per heavy atom. The number of nitrogens with zero attached hydrogens (tertiary/aromatic N) is 2. The first-order chi connectivity index (χ1) is 5.20. The van der Waals surface area contributed by atoms with Crippen LogP contribution in [0.25, 0.3) is 0 Å². The van der Waals surface area contributed by atoms with Gasteiger partial charge in [0, 0.05) is 18.9 Å². The molecule has 0 radical (unpaired) electrons. The number of rotatable bonds is 3. The van der Waals surface area contributed by atoms with E-state index in [1.165, 1.54) is 0 Å². The molecule has 0 atom stereocenters. The summed E-state index contributed by atoms with van der Waals surface area (Å²) in [6.07, 6.45) is 3.39. The average Bonchev–Trinajstić information content (AvgIpc) is 2.31. The molecule has 0 aromatic carbocycles. The van der Waals surface area contributed by atoms with Gasteiger partial charge >= 0.3 is 5.97 Å². The van der Waals surface area contributed by atoms with E-state index in [1.807, 2.05) is 0 Å². The fourth-order valence-electron chi connectivity index (χ4n) is 0.712. The lowest BCUT2D eigenvalue weighted by atomic mass is 10.4. The van der Waals surface area contributed by atoms with E-state index in [9.17, 15) is 4.79 Å². The van der Waals surface area contributed by atoms with Crippen molar-refractivity contribution in [3.05, 3.63) is 12.4 Å². The molecule has 1 aromatic rings. The van der Waals surface area contributed by atoms with E-state index in [-0.39, 0.29) is 6.42 Å². The summed E-state index contributed by atoms with van der Waals surface area (Å²) in [5.41, 5.74) is 0. The van der Waals surface area contributed by atoms with Crippen LogP contribution in [0.3, 0.4) is 0 Å². The van der Waals surface area contributed by atoms with Crippen LogP contribution in [0.4, 0.5) is 0 Å². The molecule has 0 aliphatic heterocycles. The van der Waals surface area contributed by atoms with E-state index in [1.54, 1.807) is 17.0 Å². The number of aryl methyl sites for hydroxylation is 1. The molecule has 1 rings (SSSR count). The summed E-state index contributed by atoms with van der Waals surface area (Å²) in [6, 6.07) is 0. The molecule has 0 aliphatic rings. The maximum Gasteiger partial charge on any atom is 0.305 e. The zero-order valence-electron chi connectivity index (χ0n) is 5.77. The van der Waals surface area contributed by atoms with Gasteiger partial charge in [0.2, 0.25) is 0 Å². The van der Waals surface area contributed by atoms with Gasteiger partial charge in [-0.1, -0.05) is 0 Å². The van der Waals surface area contributed by atoms with Crippen molar-refractivity contribution in [2.75, 3.05) is 0 Å². The lowest BCUT2D eigenvalue weighted by Crippen LogP contribution is -2.03. The van der Waals surface area contributed by atoms with Crippen LogP contribution in [-0.4, -0.2) is 20.6 Å². The highest BCUT2D eigenvalue weighted by Crippen LogP contribution is 2.02. The predicted octanol–water partition coefficient (Wildman–Crippen LogP) is 0.646. The molecular weight excluding hydrogens is 164 g/mol. The van der Waals surface area contributed by atoms with Crippen molar-refractivity contribution >= 4 is 18.6 Å². The molecule has 1 heterocycles. The van der Waals surface area contributed by atoms with Gasteiger partial charge in [0.25, 0.3) is 0 Å². The van der Waals surface area contributed by atoms with Crippen LogP contribution >= 0.6 is 12.6 Å². The lowest BCUT2D eigenvalue weighted by molar-refractivity contribution is -0.137. The van der Waals surface area contributed by atoms with Gasteiger partial charge in [-0.2, -0.15) is 0 Å². The van der Waals surface area contributed by atoms with Gasteiger partial charge < -0.3 is 9.67 Å². The van der Waals surface area contributed by atoms with E-state index in [0.29, 0.717) is 11.7 Å². The number of imidazole rings is 1. The molecule has 1 N–H and O–H groups in total. The molecule has 11 heavy (non-hydrogen) atoms. The second-order valence-electron chi connectivity index (χ2n) is 2.06. The molecule has 1 aromatic heterocycles. The first-order valence-electron chi connectivity index (χ1n) is 3.12. The summed E-state index contributed by atoms with van der Waals surface area (Å²) >= 11 is 4.01. The van der Waals surface area contributed by atoms with E-state index >= 15 is 0 Å². The number of carboxylic acid groups (broad SMARTS) is 1. The number of aliphatic carboxylic acids is 1. The minimum absolute atomic E-state index is 0.101. The van der Waals surface area contributed by atoms with Gasteiger partial charge in [0.1, 0.15) is 0 Å².